The van der Waals surface area contributed by atoms with Gasteiger partial charge in [-0.05, 0) is 37.5 Å². The number of aryl methyl sites for hydroxylation is 1. The third-order valence-corrected chi connectivity index (χ3v) is 7.04. The molecule has 2 saturated heterocycles. The largest absolute Gasteiger partial charge is 0.455 e. The fourth-order valence-electron chi connectivity index (χ4n) is 3.56. The Morgan fingerprint density at radius 3 is 2.71 bits per heavy atom. The first-order valence-electron chi connectivity index (χ1n) is 9.19. The van der Waals surface area contributed by atoms with Gasteiger partial charge in [-0.25, -0.2) is 8.42 Å². The van der Waals surface area contributed by atoms with Gasteiger partial charge in [-0.1, -0.05) is 12.1 Å². The lowest BCUT2D eigenvalue weighted by Crippen LogP contribution is -2.38. The van der Waals surface area contributed by atoms with Gasteiger partial charge in [0.15, 0.2) is 16.4 Å². The van der Waals surface area contributed by atoms with Crippen molar-refractivity contribution in [3.8, 4) is 0 Å². The number of carbonyl (C=O) groups is 3. The Morgan fingerprint density at radius 1 is 1.29 bits per heavy atom. The molecular formula is C19H24N2O6S. The van der Waals surface area contributed by atoms with Crippen LogP contribution in [0.5, 0.6) is 0 Å². The Labute approximate surface area is 164 Å². The zero-order valence-electron chi connectivity index (χ0n) is 15.9. The lowest BCUT2D eigenvalue weighted by molar-refractivity contribution is -0.152. The van der Waals surface area contributed by atoms with Gasteiger partial charge < -0.3 is 15.0 Å². The molecule has 8 nitrogen and oxygen atoms in total. The Bertz CT molecular complexity index is 911. The van der Waals surface area contributed by atoms with Gasteiger partial charge in [-0.2, -0.15) is 0 Å². The second kappa shape index (κ2) is 7.90. The predicted molar refractivity (Wildman–Crippen MR) is 103 cm³/mol. The number of anilines is 1. The first-order chi connectivity index (χ1) is 13.2. The van der Waals surface area contributed by atoms with Crippen LogP contribution in [-0.4, -0.2) is 56.9 Å². The molecule has 152 valence electrons. The molecule has 2 aliphatic heterocycles. The van der Waals surface area contributed by atoms with E-state index in [1.165, 1.54) is 0 Å². The van der Waals surface area contributed by atoms with Gasteiger partial charge in [0.2, 0.25) is 5.91 Å². The van der Waals surface area contributed by atoms with Crippen LogP contribution < -0.4 is 10.2 Å². The van der Waals surface area contributed by atoms with Crippen LogP contribution in [0.15, 0.2) is 18.2 Å². The second-order valence-electron chi connectivity index (χ2n) is 7.40. The fraction of sp³-hybridized carbons (Fsp3) is 0.526. The summed E-state index contributed by atoms with van der Waals surface area (Å²) in [5.41, 5.74) is 2.82. The molecule has 2 heterocycles. The molecular weight excluding hydrogens is 384 g/mol. The average Bonchev–Trinajstić information content (AvgIpc) is 3.17. The summed E-state index contributed by atoms with van der Waals surface area (Å²) in [4.78, 5) is 38.1. The highest BCUT2D eigenvalue weighted by Crippen LogP contribution is 2.29. The number of amides is 2. The minimum absolute atomic E-state index is 0.0364. The summed E-state index contributed by atoms with van der Waals surface area (Å²) in [6.07, 6.45) is 0.401. The molecule has 1 N–H and O–H groups in total. The van der Waals surface area contributed by atoms with Crippen molar-refractivity contribution in [2.24, 2.45) is 5.92 Å². The summed E-state index contributed by atoms with van der Waals surface area (Å²) in [5, 5.41) is 2.56. The number of benzene rings is 1. The van der Waals surface area contributed by atoms with Gasteiger partial charge in [-0.15, -0.1) is 0 Å². The van der Waals surface area contributed by atoms with E-state index in [1.807, 2.05) is 32.0 Å². The van der Waals surface area contributed by atoms with Gasteiger partial charge in [0.25, 0.3) is 5.91 Å². The average molecular weight is 408 g/mol. The Morgan fingerprint density at radius 2 is 2.04 bits per heavy atom. The maximum absolute atomic E-state index is 12.4. The van der Waals surface area contributed by atoms with E-state index in [2.05, 4.69) is 5.32 Å². The van der Waals surface area contributed by atoms with Gasteiger partial charge in [0, 0.05) is 24.7 Å². The number of ether oxygens (including phenoxy) is 1. The number of hydrogen-bond donors (Lipinski definition) is 1. The quantitative estimate of drug-likeness (QED) is 0.711. The van der Waals surface area contributed by atoms with Crippen LogP contribution in [0.2, 0.25) is 0 Å². The number of hydrogen-bond acceptors (Lipinski definition) is 6. The molecule has 0 aliphatic carbocycles. The molecule has 0 spiro atoms. The Hall–Kier alpha value is -2.42. The lowest BCUT2D eigenvalue weighted by atomic mass is 10.1. The van der Waals surface area contributed by atoms with Gasteiger partial charge >= 0.3 is 5.97 Å². The fourth-order valence-corrected chi connectivity index (χ4v) is 5.23. The predicted octanol–water partition coefficient (Wildman–Crippen LogP) is 0.503. The first-order valence-corrected chi connectivity index (χ1v) is 11.0. The maximum atomic E-state index is 12.4. The minimum atomic E-state index is -3.10. The molecule has 9 heteroatoms. The highest BCUT2D eigenvalue weighted by atomic mass is 32.2. The SMILES string of the molecule is Cc1cccc(N2C[C@@H](C(=O)OCC(=O)N[C@H]3CCS(=O)(=O)C3)CC2=O)c1C. The van der Waals surface area contributed by atoms with Crippen molar-refractivity contribution in [2.45, 2.75) is 32.7 Å². The zero-order chi connectivity index (χ0) is 20.5. The number of nitrogens with zero attached hydrogens (tertiary/aromatic N) is 1. The highest BCUT2D eigenvalue weighted by molar-refractivity contribution is 7.91. The summed E-state index contributed by atoms with van der Waals surface area (Å²) in [5.74, 6) is -1.96. The third-order valence-electron chi connectivity index (χ3n) is 5.27. The zero-order valence-corrected chi connectivity index (χ0v) is 16.8. The monoisotopic (exact) mass is 408 g/mol. The van der Waals surface area contributed by atoms with E-state index in [1.54, 1.807) is 4.90 Å². The van der Waals surface area contributed by atoms with Crippen LogP contribution in [0, 0.1) is 19.8 Å². The van der Waals surface area contributed by atoms with E-state index < -0.39 is 40.3 Å². The van der Waals surface area contributed by atoms with Gasteiger partial charge in [0.1, 0.15) is 0 Å². The molecule has 2 fully saturated rings. The van der Waals surface area contributed by atoms with Crippen molar-refractivity contribution in [3.63, 3.8) is 0 Å². The van der Waals surface area contributed by atoms with E-state index >= 15 is 0 Å². The maximum Gasteiger partial charge on any atom is 0.311 e. The number of esters is 1. The van der Waals surface area contributed by atoms with Crippen molar-refractivity contribution in [2.75, 3.05) is 29.6 Å². The molecule has 0 aromatic heterocycles. The molecule has 2 amide bonds. The van der Waals surface area contributed by atoms with E-state index in [0.29, 0.717) is 6.42 Å². The normalized spacial score (nSPS) is 23.6. The van der Waals surface area contributed by atoms with Crippen molar-refractivity contribution in [1.82, 2.24) is 5.32 Å². The minimum Gasteiger partial charge on any atom is -0.455 e. The Kier molecular flexibility index (Phi) is 5.74. The summed E-state index contributed by atoms with van der Waals surface area (Å²) < 4.78 is 27.9. The first kappa shape index (κ1) is 20.3. The Balaban J connectivity index is 1.52. The standard InChI is InChI=1S/C19H24N2O6S/c1-12-4-3-5-16(13(12)2)21-9-14(8-18(21)23)19(24)27-10-17(22)20-15-6-7-28(25,26)11-15/h3-5,14-15H,6-11H2,1-2H3,(H,20,22)/t14-,15-/m0/s1. The molecule has 3 rings (SSSR count). The van der Waals surface area contributed by atoms with E-state index in [9.17, 15) is 22.8 Å². The molecule has 0 radical (unpaired) electrons. The van der Waals surface area contributed by atoms with E-state index in [-0.39, 0.29) is 30.4 Å². The number of sulfone groups is 1. The van der Waals surface area contributed by atoms with Crippen LogP contribution in [0.1, 0.15) is 24.0 Å². The highest BCUT2D eigenvalue weighted by Gasteiger charge is 2.37. The van der Waals surface area contributed by atoms with Crippen molar-refractivity contribution >= 4 is 33.3 Å². The lowest BCUT2D eigenvalue weighted by Gasteiger charge is -2.20. The molecule has 2 aliphatic rings. The van der Waals surface area contributed by atoms with Crippen molar-refractivity contribution in [1.29, 1.82) is 0 Å². The van der Waals surface area contributed by atoms with Crippen molar-refractivity contribution < 1.29 is 27.5 Å². The molecule has 28 heavy (non-hydrogen) atoms. The van der Waals surface area contributed by atoms with Crippen LogP contribution in [-0.2, 0) is 29.0 Å². The molecule has 2 atom stereocenters. The van der Waals surface area contributed by atoms with Crippen molar-refractivity contribution in [3.05, 3.63) is 29.3 Å². The van der Waals surface area contributed by atoms with Crippen LogP contribution in [0.25, 0.3) is 0 Å². The van der Waals surface area contributed by atoms with Crippen LogP contribution >= 0.6 is 0 Å². The smallest absolute Gasteiger partial charge is 0.311 e. The van der Waals surface area contributed by atoms with Crippen LogP contribution in [0.4, 0.5) is 5.69 Å². The molecule has 1 aromatic carbocycles. The van der Waals surface area contributed by atoms with Gasteiger partial charge in [0.05, 0.1) is 17.4 Å². The van der Waals surface area contributed by atoms with Gasteiger partial charge in [-0.3, -0.25) is 14.4 Å². The second-order valence-corrected chi connectivity index (χ2v) is 9.63. The number of rotatable bonds is 5. The van der Waals surface area contributed by atoms with Crippen LogP contribution in [0.3, 0.4) is 0 Å². The summed E-state index contributed by atoms with van der Waals surface area (Å²) in [7, 11) is -3.10. The molecule has 0 unspecified atom stereocenters. The molecule has 0 bridgehead atoms. The molecule has 0 saturated carbocycles. The molecule has 1 aromatic rings. The topological polar surface area (TPSA) is 110 Å². The van der Waals surface area contributed by atoms with E-state index in [0.717, 1.165) is 16.8 Å². The number of carbonyl (C=O) groups excluding carboxylic acids is 3. The third kappa shape index (κ3) is 4.52. The summed E-state index contributed by atoms with van der Waals surface area (Å²) >= 11 is 0. The summed E-state index contributed by atoms with van der Waals surface area (Å²) in [6.45, 7) is 3.62. The van der Waals surface area contributed by atoms with E-state index in [4.69, 9.17) is 4.74 Å². The number of nitrogens with one attached hydrogen (secondary N) is 1. The summed E-state index contributed by atoms with van der Waals surface area (Å²) in [6, 6.07) is 5.23.